The molecule has 0 spiro atoms. The minimum Gasteiger partial charge on any atom is -0.327 e. The second-order valence-corrected chi connectivity index (χ2v) is 7.29. The van der Waals surface area contributed by atoms with E-state index in [1.54, 1.807) is 31.2 Å². The molecule has 3 N–H and O–H groups in total. The summed E-state index contributed by atoms with van der Waals surface area (Å²) in [7, 11) is 0. The topological polar surface area (TPSA) is 70.2 Å². The van der Waals surface area contributed by atoms with Gasteiger partial charge in [0.1, 0.15) is 0 Å². The molecule has 1 heterocycles. The first-order valence-electron chi connectivity index (χ1n) is 8.80. The maximum atomic E-state index is 13.0. The van der Waals surface area contributed by atoms with Gasteiger partial charge in [0, 0.05) is 16.4 Å². The molecule has 6 heteroatoms. The van der Waals surface area contributed by atoms with E-state index in [2.05, 4.69) is 29.8 Å². The Morgan fingerprint density at radius 3 is 2.48 bits per heavy atom. The van der Waals surface area contributed by atoms with Crippen LogP contribution >= 0.6 is 11.6 Å². The smallest absolute Gasteiger partial charge is 0.319 e. The van der Waals surface area contributed by atoms with Gasteiger partial charge in [0.2, 0.25) is 0 Å². The van der Waals surface area contributed by atoms with Gasteiger partial charge < -0.3 is 16.0 Å². The minimum absolute atomic E-state index is 0.291. The number of rotatable bonds is 4. The fourth-order valence-electron chi connectivity index (χ4n) is 3.08. The van der Waals surface area contributed by atoms with Gasteiger partial charge >= 0.3 is 6.03 Å². The number of nitrogens with one attached hydrogen (secondary N) is 3. The molecule has 0 fully saturated rings. The van der Waals surface area contributed by atoms with Crippen LogP contribution in [0.3, 0.4) is 0 Å². The molecule has 0 unspecified atom stereocenters. The fraction of sp³-hybridized carbons (Fsp3) is 0.238. The summed E-state index contributed by atoms with van der Waals surface area (Å²) in [5.74, 6) is 0.116. The van der Waals surface area contributed by atoms with Gasteiger partial charge in [-0.2, -0.15) is 0 Å². The number of amides is 3. The lowest BCUT2D eigenvalue weighted by Gasteiger charge is -2.29. The van der Waals surface area contributed by atoms with Crippen molar-refractivity contribution in [2.45, 2.75) is 32.7 Å². The molecule has 0 aliphatic carbocycles. The summed E-state index contributed by atoms with van der Waals surface area (Å²) in [6.45, 7) is 5.96. The molecular formula is C21H22ClN3O2. The van der Waals surface area contributed by atoms with E-state index < -0.39 is 6.04 Å². The highest BCUT2D eigenvalue weighted by molar-refractivity contribution is 6.31. The first-order chi connectivity index (χ1) is 12.8. The predicted molar refractivity (Wildman–Crippen MR) is 108 cm³/mol. The van der Waals surface area contributed by atoms with Gasteiger partial charge in [0.05, 0.1) is 11.6 Å². The number of hydrogen-bond donors (Lipinski definition) is 3. The van der Waals surface area contributed by atoms with Gasteiger partial charge in [-0.05, 0) is 42.2 Å². The highest BCUT2D eigenvalue weighted by Crippen LogP contribution is 2.29. The molecule has 1 aliphatic rings. The molecule has 0 bridgehead atoms. The summed E-state index contributed by atoms with van der Waals surface area (Å²) in [5, 5.41) is 8.92. The van der Waals surface area contributed by atoms with Crippen molar-refractivity contribution < 1.29 is 9.59 Å². The van der Waals surface area contributed by atoms with Crippen molar-refractivity contribution in [1.29, 1.82) is 0 Å². The van der Waals surface area contributed by atoms with Crippen LogP contribution in [-0.4, -0.2) is 11.9 Å². The molecular weight excluding hydrogens is 362 g/mol. The van der Waals surface area contributed by atoms with Crippen LogP contribution in [0.2, 0.25) is 5.02 Å². The maximum absolute atomic E-state index is 13.0. The van der Waals surface area contributed by atoms with Crippen LogP contribution < -0.4 is 16.0 Å². The van der Waals surface area contributed by atoms with Crippen LogP contribution in [-0.2, 0) is 4.79 Å². The van der Waals surface area contributed by atoms with Crippen LogP contribution in [0.15, 0.2) is 59.8 Å². The van der Waals surface area contributed by atoms with Crippen LogP contribution in [0.5, 0.6) is 0 Å². The zero-order valence-electron chi connectivity index (χ0n) is 15.5. The van der Waals surface area contributed by atoms with Gasteiger partial charge in [0.25, 0.3) is 5.91 Å². The number of hydrogen-bond acceptors (Lipinski definition) is 2. The molecule has 1 aliphatic heterocycles. The van der Waals surface area contributed by atoms with Crippen LogP contribution in [0, 0.1) is 0 Å². The number of anilines is 1. The van der Waals surface area contributed by atoms with Crippen molar-refractivity contribution in [3.8, 4) is 0 Å². The summed E-state index contributed by atoms with van der Waals surface area (Å²) in [6.07, 6.45) is 0. The van der Waals surface area contributed by atoms with Crippen molar-refractivity contribution in [3.63, 3.8) is 0 Å². The van der Waals surface area contributed by atoms with E-state index in [1.807, 2.05) is 24.3 Å². The summed E-state index contributed by atoms with van der Waals surface area (Å²) >= 11 is 5.99. The van der Waals surface area contributed by atoms with Crippen molar-refractivity contribution in [3.05, 3.63) is 76.0 Å². The third-order valence-corrected chi connectivity index (χ3v) is 4.77. The highest BCUT2D eigenvalue weighted by atomic mass is 35.5. The summed E-state index contributed by atoms with van der Waals surface area (Å²) in [5.41, 5.74) is 3.64. The molecule has 3 rings (SSSR count). The number of carbonyl (C=O) groups excluding carboxylic acids is 2. The van der Waals surface area contributed by atoms with Gasteiger partial charge in [-0.1, -0.05) is 55.8 Å². The van der Waals surface area contributed by atoms with Crippen molar-refractivity contribution in [2.75, 3.05) is 5.32 Å². The number of allylic oxidation sites excluding steroid dienone is 1. The Morgan fingerprint density at radius 1 is 1.15 bits per heavy atom. The van der Waals surface area contributed by atoms with Gasteiger partial charge in [-0.25, -0.2) is 4.79 Å². The lowest BCUT2D eigenvalue weighted by molar-refractivity contribution is -0.113. The predicted octanol–water partition coefficient (Wildman–Crippen LogP) is 4.73. The van der Waals surface area contributed by atoms with E-state index in [-0.39, 0.29) is 11.9 Å². The van der Waals surface area contributed by atoms with Crippen LogP contribution in [0.4, 0.5) is 10.5 Å². The van der Waals surface area contributed by atoms with E-state index >= 15 is 0 Å². The summed E-state index contributed by atoms with van der Waals surface area (Å²) < 4.78 is 0. The Kier molecular flexibility index (Phi) is 5.51. The highest BCUT2D eigenvalue weighted by Gasteiger charge is 2.31. The third-order valence-electron chi connectivity index (χ3n) is 4.53. The van der Waals surface area contributed by atoms with E-state index in [0.29, 0.717) is 27.9 Å². The summed E-state index contributed by atoms with van der Waals surface area (Å²) in [4.78, 5) is 24.9. The lowest BCUT2D eigenvalue weighted by atomic mass is 9.92. The first-order valence-corrected chi connectivity index (χ1v) is 9.18. The third kappa shape index (κ3) is 4.31. The quantitative estimate of drug-likeness (QED) is 0.714. The molecule has 27 heavy (non-hydrogen) atoms. The van der Waals surface area contributed by atoms with Gasteiger partial charge in [0.15, 0.2) is 0 Å². The molecule has 2 aromatic rings. The average molecular weight is 384 g/mol. The number of halogens is 1. The molecule has 140 valence electrons. The van der Waals surface area contributed by atoms with E-state index in [0.717, 1.165) is 5.56 Å². The lowest BCUT2D eigenvalue weighted by Crippen LogP contribution is -2.45. The summed E-state index contributed by atoms with van der Waals surface area (Å²) in [6, 6.07) is 14.0. The molecule has 3 amide bonds. The minimum atomic E-state index is -0.529. The van der Waals surface area contributed by atoms with Crippen molar-refractivity contribution in [1.82, 2.24) is 10.6 Å². The maximum Gasteiger partial charge on any atom is 0.319 e. The Hall–Kier alpha value is -2.79. The number of carbonyl (C=O) groups is 2. The molecule has 0 radical (unpaired) electrons. The zero-order chi connectivity index (χ0) is 19.6. The first kappa shape index (κ1) is 19.0. The SMILES string of the molecule is CC1=C(C(=O)Nc2cccc(Cl)c2)[C@@H](c2ccc(C(C)C)cc2)NC(=O)N1. The molecule has 1 atom stereocenters. The number of urea groups is 1. The second kappa shape index (κ2) is 7.84. The Balaban J connectivity index is 1.92. The van der Waals surface area contributed by atoms with E-state index in [1.165, 1.54) is 5.56 Å². The molecule has 2 aromatic carbocycles. The van der Waals surface area contributed by atoms with Crippen LogP contribution in [0.1, 0.15) is 43.9 Å². The molecule has 0 saturated heterocycles. The Labute approximate surface area is 163 Å². The van der Waals surface area contributed by atoms with Gasteiger partial charge in [-0.15, -0.1) is 0 Å². The van der Waals surface area contributed by atoms with Crippen molar-refractivity contribution >= 4 is 29.2 Å². The monoisotopic (exact) mass is 383 g/mol. The molecule has 0 aromatic heterocycles. The fourth-order valence-corrected chi connectivity index (χ4v) is 3.27. The van der Waals surface area contributed by atoms with Gasteiger partial charge in [-0.3, -0.25) is 4.79 Å². The molecule has 0 saturated carbocycles. The molecule has 5 nitrogen and oxygen atoms in total. The average Bonchev–Trinajstić information content (AvgIpc) is 2.61. The Bertz CT molecular complexity index is 904. The largest absolute Gasteiger partial charge is 0.327 e. The van der Waals surface area contributed by atoms with Crippen LogP contribution in [0.25, 0.3) is 0 Å². The zero-order valence-corrected chi connectivity index (χ0v) is 16.2. The van der Waals surface area contributed by atoms with Crippen molar-refractivity contribution in [2.24, 2.45) is 0 Å². The number of benzene rings is 2. The van der Waals surface area contributed by atoms with E-state index in [9.17, 15) is 9.59 Å². The van der Waals surface area contributed by atoms with E-state index in [4.69, 9.17) is 11.6 Å². The standard InChI is InChI=1S/C21H22ClN3O2/c1-12(2)14-7-9-15(10-8-14)19-18(13(3)23-21(27)25-19)20(26)24-17-6-4-5-16(22)11-17/h4-12,19H,1-3H3,(H,24,26)(H2,23,25,27)/t19-/m1/s1. The second-order valence-electron chi connectivity index (χ2n) is 6.86. The normalized spacial score (nSPS) is 16.8. The Morgan fingerprint density at radius 2 is 1.85 bits per heavy atom.